The molecule has 0 aliphatic heterocycles. The number of hydrogen-bond donors (Lipinski definition) is 1. The van der Waals surface area contributed by atoms with Gasteiger partial charge in [-0.2, -0.15) is 0 Å². The molecule has 62 valence electrons. The molecule has 0 saturated heterocycles. The molecule has 6 heteroatoms. The molecule has 0 spiro atoms. The monoisotopic (exact) mass is 205 g/mol. The van der Waals surface area contributed by atoms with Gasteiger partial charge in [-0.3, -0.25) is 9.78 Å². The van der Waals surface area contributed by atoms with E-state index in [1.165, 1.54) is 0 Å². The number of carboxylic acids is 1. The van der Waals surface area contributed by atoms with Gasteiger partial charge in [0.2, 0.25) is 0 Å². The summed E-state index contributed by atoms with van der Waals surface area (Å²) in [6, 6.07) is 0. The summed E-state index contributed by atoms with van der Waals surface area (Å²) in [6.07, 6.45) is 1.77. The Balaban J connectivity index is -0.0000000256. The Kier molecular flexibility index (Phi) is 20.5. The molecule has 11 heavy (non-hydrogen) atoms. The molecular formula is C5H11CaNO3S. The van der Waals surface area contributed by atoms with E-state index in [1.807, 2.05) is 5.38 Å². The molecule has 0 aromatic carbocycles. The van der Waals surface area contributed by atoms with Crippen molar-refractivity contribution in [3.8, 4) is 0 Å². The molecule has 0 amide bonds. The fourth-order valence-corrected chi connectivity index (χ4v) is 0.527. The van der Waals surface area contributed by atoms with E-state index in [4.69, 9.17) is 9.90 Å². The van der Waals surface area contributed by atoms with Crippen molar-refractivity contribution < 1.29 is 18.2 Å². The molecule has 0 fully saturated rings. The summed E-state index contributed by atoms with van der Waals surface area (Å²) in [5.41, 5.74) is 1.79. The number of rotatable bonds is 0. The average Bonchev–Trinajstić information content (AvgIpc) is 2.11. The van der Waals surface area contributed by atoms with Crippen molar-refractivity contribution in [3.63, 3.8) is 0 Å². The third-order valence-corrected chi connectivity index (χ3v) is 0.869. The SMILES string of the molecule is CC(=O)O.O.[Ca+2].[H-].[H-].c1cscn1. The molecule has 0 radical (unpaired) electrons. The summed E-state index contributed by atoms with van der Waals surface area (Å²) >= 11 is 1.60. The Labute approximate surface area is 102 Å². The summed E-state index contributed by atoms with van der Waals surface area (Å²) < 4.78 is 0. The first kappa shape index (κ1) is 17.4. The Morgan fingerprint density at radius 2 is 2.18 bits per heavy atom. The fourth-order valence-electron chi connectivity index (χ4n) is 0.176. The van der Waals surface area contributed by atoms with E-state index >= 15 is 0 Å². The third kappa shape index (κ3) is 25.2. The maximum atomic E-state index is 9.00. The minimum atomic E-state index is -0.833. The van der Waals surface area contributed by atoms with E-state index in [0.717, 1.165) is 6.92 Å². The van der Waals surface area contributed by atoms with Crippen LogP contribution in [-0.2, 0) is 4.79 Å². The quantitative estimate of drug-likeness (QED) is 0.616. The van der Waals surface area contributed by atoms with Crippen LogP contribution in [0.3, 0.4) is 0 Å². The van der Waals surface area contributed by atoms with Crippen LogP contribution in [0.5, 0.6) is 0 Å². The van der Waals surface area contributed by atoms with Crippen LogP contribution in [0, 0.1) is 0 Å². The molecule has 0 unspecified atom stereocenters. The molecule has 0 saturated carbocycles. The van der Waals surface area contributed by atoms with E-state index < -0.39 is 5.97 Å². The molecular weight excluding hydrogens is 194 g/mol. The number of carbonyl (C=O) groups is 1. The van der Waals surface area contributed by atoms with Crippen molar-refractivity contribution >= 4 is 55.0 Å². The van der Waals surface area contributed by atoms with Crippen LogP contribution in [0.1, 0.15) is 9.78 Å². The van der Waals surface area contributed by atoms with Crippen molar-refractivity contribution in [3.05, 3.63) is 17.1 Å². The van der Waals surface area contributed by atoms with Crippen LogP contribution in [0.4, 0.5) is 0 Å². The van der Waals surface area contributed by atoms with Gasteiger partial charge in [0.15, 0.2) is 0 Å². The van der Waals surface area contributed by atoms with Crippen LogP contribution < -0.4 is 0 Å². The molecule has 4 nitrogen and oxygen atoms in total. The number of aromatic nitrogens is 1. The minimum absolute atomic E-state index is 0. The van der Waals surface area contributed by atoms with Gasteiger partial charge in [-0.05, 0) is 0 Å². The average molecular weight is 205 g/mol. The minimum Gasteiger partial charge on any atom is -1.00 e. The van der Waals surface area contributed by atoms with Crippen molar-refractivity contribution in [2.45, 2.75) is 6.92 Å². The number of nitrogens with zero attached hydrogens (tertiary/aromatic N) is 1. The summed E-state index contributed by atoms with van der Waals surface area (Å²) in [5.74, 6) is -0.833. The molecule has 1 rings (SSSR count). The van der Waals surface area contributed by atoms with Crippen molar-refractivity contribution in [2.24, 2.45) is 0 Å². The van der Waals surface area contributed by atoms with E-state index in [-0.39, 0.29) is 46.1 Å². The third-order valence-electron chi connectivity index (χ3n) is 0.347. The zero-order chi connectivity index (χ0) is 7.11. The van der Waals surface area contributed by atoms with Gasteiger partial charge in [0, 0.05) is 18.5 Å². The van der Waals surface area contributed by atoms with Crippen LogP contribution in [0.2, 0.25) is 0 Å². The smallest absolute Gasteiger partial charge is 1.00 e. The molecule has 1 heterocycles. The van der Waals surface area contributed by atoms with Crippen LogP contribution in [0.15, 0.2) is 17.1 Å². The van der Waals surface area contributed by atoms with Crippen molar-refractivity contribution in [2.75, 3.05) is 0 Å². The summed E-state index contributed by atoms with van der Waals surface area (Å²) in [4.78, 5) is 12.7. The molecule has 3 N–H and O–H groups in total. The first-order valence-electron chi connectivity index (χ1n) is 2.25. The maximum absolute atomic E-state index is 9.00. The Morgan fingerprint density at radius 1 is 1.73 bits per heavy atom. The standard InChI is InChI=1S/C3H3NS.C2H4O2.Ca.H2O.2H/c1-2-5-3-4-1;1-2(3)4;;;;/h1-3H;1H3,(H,3,4);;1H2;;/q;;+2;;2*-1. The van der Waals surface area contributed by atoms with Gasteiger partial charge in [0.05, 0.1) is 5.51 Å². The Morgan fingerprint density at radius 3 is 2.27 bits per heavy atom. The van der Waals surface area contributed by atoms with Gasteiger partial charge in [-0.1, -0.05) is 0 Å². The van der Waals surface area contributed by atoms with Crippen molar-refractivity contribution in [1.82, 2.24) is 4.98 Å². The Hall–Kier alpha value is 0.320. The Bertz CT molecular complexity index is 144. The van der Waals surface area contributed by atoms with E-state index in [9.17, 15) is 0 Å². The second-order valence-electron chi connectivity index (χ2n) is 1.19. The summed E-state index contributed by atoms with van der Waals surface area (Å²) in [7, 11) is 0. The van der Waals surface area contributed by atoms with Gasteiger partial charge in [0.1, 0.15) is 0 Å². The molecule has 0 aliphatic carbocycles. The normalized spacial score (nSPS) is 5.91. The van der Waals surface area contributed by atoms with Crippen LogP contribution >= 0.6 is 11.3 Å². The number of hydrogen-bond acceptors (Lipinski definition) is 3. The number of carboxylic acid groups (broad SMARTS) is 1. The molecule has 1 aromatic rings. The van der Waals surface area contributed by atoms with Crippen LogP contribution in [0.25, 0.3) is 0 Å². The van der Waals surface area contributed by atoms with Gasteiger partial charge in [0.25, 0.3) is 5.97 Å². The van der Waals surface area contributed by atoms with E-state index in [1.54, 1.807) is 23.0 Å². The van der Waals surface area contributed by atoms with Crippen LogP contribution in [-0.4, -0.2) is 59.3 Å². The zero-order valence-corrected chi connectivity index (χ0v) is 9.17. The van der Waals surface area contributed by atoms with Crippen molar-refractivity contribution in [1.29, 1.82) is 0 Å². The predicted octanol–water partition coefficient (Wildman–Crippen LogP) is 0.254. The second kappa shape index (κ2) is 12.9. The molecule has 1 aromatic heterocycles. The van der Waals surface area contributed by atoms with Gasteiger partial charge in [-0.25, -0.2) is 0 Å². The first-order chi connectivity index (χ1) is 4.23. The largest absolute Gasteiger partial charge is 2.00 e. The predicted molar refractivity (Wildman–Crippen MR) is 47.0 cm³/mol. The second-order valence-corrected chi connectivity index (χ2v) is 1.95. The molecule has 0 bridgehead atoms. The van der Waals surface area contributed by atoms with E-state index in [0.29, 0.717) is 0 Å². The summed E-state index contributed by atoms with van der Waals surface area (Å²) in [5, 5.41) is 9.35. The molecule has 0 atom stereocenters. The maximum Gasteiger partial charge on any atom is 2.00 e. The topological polar surface area (TPSA) is 81.7 Å². The summed E-state index contributed by atoms with van der Waals surface area (Å²) in [6.45, 7) is 1.08. The molecule has 0 aliphatic rings. The number of thiazole rings is 1. The van der Waals surface area contributed by atoms with Gasteiger partial charge >= 0.3 is 37.7 Å². The zero-order valence-electron chi connectivity index (χ0n) is 8.15. The number of aliphatic carboxylic acids is 1. The fraction of sp³-hybridized carbons (Fsp3) is 0.200. The van der Waals surface area contributed by atoms with Gasteiger partial charge in [-0.15, -0.1) is 11.3 Å². The van der Waals surface area contributed by atoms with Gasteiger partial charge < -0.3 is 13.4 Å². The first-order valence-corrected chi connectivity index (χ1v) is 3.19. The van der Waals surface area contributed by atoms with E-state index in [2.05, 4.69) is 4.98 Å².